The van der Waals surface area contributed by atoms with Gasteiger partial charge in [0.2, 0.25) is 5.79 Å². The van der Waals surface area contributed by atoms with Crippen LogP contribution in [-0.2, 0) is 4.79 Å². The number of benzene rings is 1. The van der Waals surface area contributed by atoms with E-state index in [4.69, 9.17) is 5.73 Å². The summed E-state index contributed by atoms with van der Waals surface area (Å²) in [5.74, 6) is -1.21. The van der Waals surface area contributed by atoms with Crippen molar-refractivity contribution in [3.8, 4) is 0 Å². The van der Waals surface area contributed by atoms with Crippen molar-refractivity contribution in [1.82, 2.24) is 0 Å². The zero-order valence-corrected chi connectivity index (χ0v) is 12.6. The van der Waals surface area contributed by atoms with Crippen LogP contribution in [0, 0.1) is 15.5 Å². The van der Waals surface area contributed by atoms with Gasteiger partial charge in [-0.1, -0.05) is 20.8 Å². The van der Waals surface area contributed by atoms with Gasteiger partial charge in [-0.2, -0.15) is 0 Å². The molecule has 1 heterocycles. The third kappa shape index (κ3) is 3.40. The number of hydrogen-bond acceptors (Lipinski definition) is 7. The second kappa shape index (κ2) is 5.38. The summed E-state index contributed by atoms with van der Waals surface area (Å²) in [7, 11) is 0. The minimum atomic E-state index is -1.40. The molecular formula is C14H17N5O3. The second-order valence-corrected chi connectivity index (χ2v) is 6.17. The summed E-state index contributed by atoms with van der Waals surface area (Å²) < 4.78 is 0. The summed E-state index contributed by atoms with van der Waals surface area (Å²) in [4.78, 5) is 26.4. The molecule has 2 rings (SSSR count). The van der Waals surface area contributed by atoms with Gasteiger partial charge in [0.25, 0.3) is 5.69 Å². The van der Waals surface area contributed by atoms with Crippen molar-refractivity contribution >= 4 is 17.3 Å². The lowest BCUT2D eigenvalue weighted by atomic mass is 9.87. The molecule has 1 unspecified atom stereocenters. The fourth-order valence-corrected chi connectivity index (χ4v) is 1.79. The molecule has 8 nitrogen and oxygen atoms in total. The van der Waals surface area contributed by atoms with Gasteiger partial charge in [-0.15, -0.1) is 10.2 Å². The zero-order valence-electron chi connectivity index (χ0n) is 12.6. The molecule has 1 aromatic carbocycles. The van der Waals surface area contributed by atoms with Crippen LogP contribution in [0.1, 0.15) is 32.8 Å². The summed E-state index contributed by atoms with van der Waals surface area (Å²) in [6, 6.07) is 5.75. The number of nitrogens with zero attached hydrogens (tertiary/aromatic N) is 4. The van der Waals surface area contributed by atoms with Crippen LogP contribution in [0.15, 0.2) is 39.5 Å². The van der Waals surface area contributed by atoms with Crippen molar-refractivity contribution < 1.29 is 9.72 Å². The summed E-state index contributed by atoms with van der Waals surface area (Å²) in [6.07, 6.45) is -0.0452. The van der Waals surface area contributed by atoms with E-state index in [1.165, 1.54) is 24.3 Å². The monoisotopic (exact) mass is 303 g/mol. The highest BCUT2D eigenvalue weighted by atomic mass is 16.6. The molecule has 116 valence electrons. The number of hydrogen-bond donors (Lipinski definition) is 1. The number of aliphatic imine (C=N–C) groups is 1. The third-order valence-corrected chi connectivity index (χ3v) is 3.21. The smallest absolute Gasteiger partial charge is 0.269 e. The lowest BCUT2D eigenvalue weighted by Crippen LogP contribution is -2.39. The van der Waals surface area contributed by atoms with Crippen molar-refractivity contribution in [3.63, 3.8) is 0 Å². The molecule has 1 aliphatic heterocycles. The van der Waals surface area contributed by atoms with Crippen molar-refractivity contribution in [1.29, 1.82) is 0 Å². The maximum absolute atomic E-state index is 12.1. The second-order valence-electron chi connectivity index (χ2n) is 6.17. The number of ketones is 1. The Hall–Kier alpha value is -2.48. The molecule has 0 saturated heterocycles. The van der Waals surface area contributed by atoms with Gasteiger partial charge in [-0.3, -0.25) is 20.6 Å². The molecule has 0 fully saturated rings. The van der Waals surface area contributed by atoms with E-state index in [0.717, 1.165) is 0 Å². The van der Waals surface area contributed by atoms with Crippen LogP contribution in [0.4, 0.5) is 5.69 Å². The highest BCUT2D eigenvalue weighted by Crippen LogP contribution is 2.27. The Morgan fingerprint density at radius 3 is 2.41 bits per heavy atom. The first-order valence-electron chi connectivity index (χ1n) is 6.70. The Bertz CT molecular complexity index is 673. The van der Waals surface area contributed by atoms with E-state index in [9.17, 15) is 14.9 Å². The quantitative estimate of drug-likeness (QED) is 0.677. The minimum absolute atomic E-state index is 0.0267. The van der Waals surface area contributed by atoms with Gasteiger partial charge in [-0.05, 0) is 12.1 Å². The third-order valence-electron chi connectivity index (χ3n) is 3.21. The van der Waals surface area contributed by atoms with Gasteiger partial charge >= 0.3 is 0 Å². The summed E-state index contributed by atoms with van der Waals surface area (Å²) in [5.41, 5.74) is 5.98. The molecule has 0 bridgehead atoms. The fourth-order valence-electron chi connectivity index (χ4n) is 1.79. The Morgan fingerprint density at radius 2 is 1.91 bits per heavy atom. The minimum Gasteiger partial charge on any atom is -0.299 e. The molecule has 0 amide bonds. The largest absolute Gasteiger partial charge is 0.299 e. The van der Waals surface area contributed by atoms with Crippen LogP contribution in [0.2, 0.25) is 0 Å². The van der Waals surface area contributed by atoms with Crippen LogP contribution in [0.5, 0.6) is 0 Å². The molecular weight excluding hydrogens is 286 g/mol. The Balaban J connectivity index is 2.20. The Morgan fingerprint density at radius 1 is 1.32 bits per heavy atom. The van der Waals surface area contributed by atoms with E-state index >= 15 is 0 Å². The standard InChI is InChI=1S/C14H17N5O3/c1-13(2,3)11(20)8-14(15)16-12(17-18-14)9-4-6-10(7-5-9)19(21)22/h4-7H,8,15H2,1-3H3. The molecule has 0 radical (unpaired) electrons. The van der Waals surface area contributed by atoms with Gasteiger partial charge < -0.3 is 0 Å². The first kappa shape index (κ1) is 15.9. The molecule has 22 heavy (non-hydrogen) atoms. The number of nitrogens with two attached hydrogens (primary N) is 1. The SMILES string of the molecule is CC(C)(C)C(=O)CC1(N)N=NC(c2ccc([N+](=O)[O-])cc2)=N1. The van der Waals surface area contributed by atoms with E-state index in [2.05, 4.69) is 15.2 Å². The number of non-ortho nitro benzene ring substituents is 1. The average Bonchev–Trinajstić information content (AvgIpc) is 2.80. The molecule has 1 aliphatic rings. The van der Waals surface area contributed by atoms with Crippen LogP contribution in [-0.4, -0.2) is 22.3 Å². The molecule has 0 aromatic heterocycles. The van der Waals surface area contributed by atoms with E-state index in [1.807, 2.05) is 0 Å². The maximum atomic E-state index is 12.1. The van der Waals surface area contributed by atoms with Gasteiger partial charge in [0, 0.05) is 23.1 Å². The van der Waals surface area contributed by atoms with Crippen molar-refractivity contribution in [2.75, 3.05) is 0 Å². The van der Waals surface area contributed by atoms with Crippen LogP contribution in [0.25, 0.3) is 0 Å². The number of nitro groups is 1. The van der Waals surface area contributed by atoms with Crippen molar-refractivity contribution in [2.24, 2.45) is 26.4 Å². The number of azo groups is 1. The van der Waals surface area contributed by atoms with Gasteiger partial charge in [0.05, 0.1) is 11.3 Å². The van der Waals surface area contributed by atoms with E-state index in [1.54, 1.807) is 20.8 Å². The number of carbonyl (C=O) groups excluding carboxylic acids is 1. The molecule has 1 aromatic rings. The Labute approximate surface area is 127 Å². The fraction of sp³-hybridized carbons (Fsp3) is 0.429. The number of rotatable bonds is 4. The molecule has 2 N–H and O–H groups in total. The average molecular weight is 303 g/mol. The number of Topliss-reactive ketones (excluding diaryl/α,β-unsaturated/α-hetero) is 1. The predicted molar refractivity (Wildman–Crippen MR) is 80.5 cm³/mol. The Kier molecular flexibility index (Phi) is 3.89. The number of nitro benzene ring substituents is 1. The number of amidine groups is 1. The van der Waals surface area contributed by atoms with Crippen molar-refractivity contribution in [2.45, 2.75) is 33.0 Å². The summed E-state index contributed by atoms with van der Waals surface area (Å²) in [6.45, 7) is 5.39. The highest BCUT2D eigenvalue weighted by molar-refractivity contribution is 6.00. The molecule has 0 spiro atoms. The molecule has 0 saturated carbocycles. The summed E-state index contributed by atoms with van der Waals surface area (Å²) in [5, 5.41) is 18.4. The topological polar surface area (TPSA) is 123 Å². The van der Waals surface area contributed by atoms with Gasteiger partial charge in [0.15, 0.2) is 5.84 Å². The van der Waals surface area contributed by atoms with Crippen molar-refractivity contribution in [3.05, 3.63) is 39.9 Å². The van der Waals surface area contributed by atoms with Crippen LogP contribution < -0.4 is 5.73 Å². The first-order valence-corrected chi connectivity index (χ1v) is 6.70. The number of carbonyl (C=O) groups is 1. The van der Waals surface area contributed by atoms with Gasteiger partial charge in [-0.25, -0.2) is 4.99 Å². The zero-order chi connectivity index (χ0) is 16.5. The predicted octanol–water partition coefficient (Wildman–Crippen LogP) is 2.43. The van der Waals surface area contributed by atoms with Crippen LogP contribution in [0.3, 0.4) is 0 Å². The summed E-state index contributed by atoms with van der Waals surface area (Å²) >= 11 is 0. The molecule has 0 aliphatic carbocycles. The molecule has 1 atom stereocenters. The first-order chi connectivity index (χ1) is 10.1. The van der Waals surface area contributed by atoms with Crippen LogP contribution >= 0.6 is 0 Å². The van der Waals surface area contributed by atoms with E-state index < -0.39 is 16.1 Å². The van der Waals surface area contributed by atoms with E-state index in [-0.39, 0.29) is 23.7 Å². The normalized spacial score (nSPS) is 20.8. The highest BCUT2D eigenvalue weighted by Gasteiger charge is 2.36. The lowest BCUT2D eigenvalue weighted by molar-refractivity contribution is -0.384. The van der Waals surface area contributed by atoms with Gasteiger partial charge in [0.1, 0.15) is 5.78 Å². The van der Waals surface area contributed by atoms with E-state index in [0.29, 0.717) is 5.56 Å². The lowest BCUT2D eigenvalue weighted by Gasteiger charge is -2.21. The molecule has 8 heteroatoms. The maximum Gasteiger partial charge on any atom is 0.269 e.